The van der Waals surface area contributed by atoms with Crippen molar-refractivity contribution in [2.45, 2.75) is 33.4 Å². The molecule has 0 spiro atoms. The molecule has 1 aromatic heterocycles. The SMILES string of the molecule is Cc1cc(C)c2[nH]c(=O)c(CN(CCN(C)C)C(=S)NC(C)c3ccccc3)cc2c1. The molecule has 1 heterocycles. The maximum Gasteiger partial charge on any atom is 0.253 e. The average molecular weight is 437 g/mol. The van der Waals surface area contributed by atoms with Gasteiger partial charge >= 0.3 is 0 Å². The van der Waals surface area contributed by atoms with Crippen LogP contribution in [0.25, 0.3) is 10.9 Å². The van der Waals surface area contributed by atoms with Crippen molar-refractivity contribution >= 4 is 28.2 Å². The van der Waals surface area contributed by atoms with Crippen molar-refractivity contribution in [1.29, 1.82) is 0 Å². The van der Waals surface area contributed by atoms with E-state index in [0.717, 1.165) is 29.6 Å². The molecular weight excluding hydrogens is 404 g/mol. The third kappa shape index (κ3) is 5.93. The van der Waals surface area contributed by atoms with Crippen LogP contribution in [0.15, 0.2) is 53.3 Å². The topological polar surface area (TPSA) is 51.4 Å². The summed E-state index contributed by atoms with van der Waals surface area (Å²) in [5.41, 5.74) is 4.99. The summed E-state index contributed by atoms with van der Waals surface area (Å²) in [5, 5.41) is 5.14. The van der Waals surface area contributed by atoms with Gasteiger partial charge in [0.25, 0.3) is 5.56 Å². The minimum Gasteiger partial charge on any atom is -0.356 e. The van der Waals surface area contributed by atoms with Crippen LogP contribution in [0.4, 0.5) is 0 Å². The molecule has 31 heavy (non-hydrogen) atoms. The molecule has 5 nitrogen and oxygen atoms in total. The lowest BCUT2D eigenvalue weighted by molar-refractivity contribution is 0.320. The summed E-state index contributed by atoms with van der Waals surface area (Å²) < 4.78 is 0. The highest BCUT2D eigenvalue weighted by atomic mass is 32.1. The predicted octanol–water partition coefficient (Wildman–Crippen LogP) is 4.14. The Kier molecular flexibility index (Phi) is 7.46. The highest BCUT2D eigenvalue weighted by molar-refractivity contribution is 7.80. The fourth-order valence-corrected chi connectivity index (χ4v) is 4.06. The molecule has 1 unspecified atom stereocenters. The first-order chi connectivity index (χ1) is 14.7. The Hall–Kier alpha value is -2.70. The number of nitrogens with zero attached hydrogens (tertiary/aromatic N) is 2. The number of likely N-dealkylation sites (N-methyl/N-ethyl adjacent to an activating group) is 1. The predicted molar refractivity (Wildman–Crippen MR) is 134 cm³/mol. The summed E-state index contributed by atoms with van der Waals surface area (Å²) in [7, 11) is 4.07. The Morgan fingerprint density at radius 1 is 1.10 bits per heavy atom. The summed E-state index contributed by atoms with van der Waals surface area (Å²) in [6, 6.07) is 16.5. The van der Waals surface area contributed by atoms with E-state index in [-0.39, 0.29) is 11.6 Å². The second-order valence-corrected chi connectivity index (χ2v) is 8.86. The molecule has 0 saturated carbocycles. The number of aromatic nitrogens is 1. The fourth-order valence-electron chi connectivity index (χ4n) is 3.73. The van der Waals surface area contributed by atoms with Crippen LogP contribution >= 0.6 is 12.2 Å². The molecule has 1 atom stereocenters. The van der Waals surface area contributed by atoms with Crippen LogP contribution in [0.2, 0.25) is 0 Å². The number of hydrogen-bond acceptors (Lipinski definition) is 3. The van der Waals surface area contributed by atoms with E-state index in [4.69, 9.17) is 12.2 Å². The molecule has 0 aliphatic heterocycles. The van der Waals surface area contributed by atoms with Gasteiger partial charge in [-0.25, -0.2) is 0 Å². The smallest absolute Gasteiger partial charge is 0.253 e. The van der Waals surface area contributed by atoms with Crippen molar-refractivity contribution in [3.05, 3.63) is 81.1 Å². The standard InChI is InChI=1S/C25H32N4OS/c1-17-13-18(2)23-21(14-17)15-22(24(30)27-23)16-29(12-11-28(4)5)25(31)26-19(3)20-9-7-6-8-10-20/h6-10,13-15,19H,11-12,16H2,1-5H3,(H,26,31)(H,27,30). The number of aryl methyl sites for hydroxylation is 2. The van der Waals surface area contributed by atoms with Gasteiger partial charge in [0.15, 0.2) is 5.11 Å². The minimum absolute atomic E-state index is 0.0618. The van der Waals surface area contributed by atoms with Crippen molar-refractivity contribution < 1.29 is 0 Å². The Labute approximate surface area is 190 Å². The Morgan fingerprint density at radius 3 is 2.48 bits per heavy atom. The van der Waals surface area contributed by atoms with E-state index >= 15 is 0 Å². The number of H-pyrrole nitrogens is 1. The van der Waals surface area contributed by atoms with Crippen LogP contribution in [-0.2, 0) is 6.54 Å². The number of pyridine rings is 1. The molecule has 0 aliphatic carbocycles. The molecular formula is C25H32N4OS. The number of benzene rings is 2. The molecule has 0 fully saturated rings. The van der Waals surface area contributed by atoms with Gasteiger partial charge < -0.3 is 20.1 Å². The quantitative estimate of drug-likeness (QED) is 0.545. The lowest BCUT2D eigenvalue weighted by Crippen LogP contribution is -2.44. The van der Waals surface area contributed by atoms with Gasteiger partial charge in [0.2, 0.25) is 0 Å². The Balaban J connectivity index is 1.86. The van der Waals surface area contributed by atoms with E-state index < -0.39 is 0 Å². The van der Waals surface area contributed by atoms with Gasteiger partial charge in [-0.1, -0.05) is 42.0 Å². The van der Waals surface area contributed by atoms with Crippen molar-refractivity contribution in [2.75, 3.05) is 27.2 Å². The zero-order valence-electron chi connectivity index (χ0n) is 19.0. The van der Waals surface area contributed by atoms with Crippen LogP contribution < -0.4 is 10.9 Å². The molecule has 164 valence electrons. The third-order valence-electron chi connectivity index (χ3n) is 5.48. The van der Waals surface area contributed by atoms with E-state index in [0.29, 0.717) is 17.2 Å². The second kappa shape index (κ2) is 10.1. The Morgan fingerprint density at radius 2 is 1.81 bits per heavy atom. The van der Waals surface area contributed by atoms with Crippen LogP contribution in [0.5, 0.6) is 0 Å². The monoisotopic (exact) mass is 436 g/mol. The Bertz CT molecular complexity index is 1110. The van der Waals surface area contributed by atoms with E-state index in [1.807, 2.05) is 45.3 Å². The van der Waals surface area contributed by atoms with E-state index in [1.165, 1.54) is 11.1 Å². The normalized spacial score (nSPS) is 12.2. The maximum absolute atomic E-state index is 12.9. The zero-order chi connectivity index (χ0) is 22.5. The van der Waals surface area contributed by atoms with Crippen molar-refractivity contribution in [2.24, 2.45) is 0 Å². The van der Waals surface area contributed by atoms with Crippen molar-refractivity contribution in [3.63, 3.8) is 0 Å². The van der Waals surface area contributed by atoms with Gasteiger partial charge in [0, 0.05) is 18.7 Å². The third-order valence-corrected chi connectivity index (χ3v) is 5.85. The van der Waals surface area contributed by atoms with Gasteiger partial charge in [-0.05, 0) is 75.7 Å². The van der Waals surface area contributed by atoms with E-state index in [1.54, 1.807) is 0 Å². The molecule has 6 heteroatoms. The van der Waals surface area contributed by atoms with Crippen LogP contribution in [0.3, 0.4) is 0 Å². The van der Waals surface area contributed by atoms with Crippen molar-refractivity contribution in [3.8, 4) is 0 Å². The molecule has 0 saturated heterocycles. The van der Waals surface area contributed by atoms with Crippen molar-refractivity contribution in [1.82, 2.24) is 20.1 Å². The number of nitrogens with one attached hydrogen (secondary N) is 2. The van der Waals surface area contributed by atoms with Gasteiger partial charge in [-0.2, -0.15) is 0 Å². The first-order valence-electron chi connectivity index (χ1n) is 10.6. The highest BCUT2D eigenvalue weighted by Crippen LogP contribution is 2.19. The van der Waals surface area contributed by atoms with Crippen LogP contribution in [0.1, 0.15) is 35.2 Å². The lowest BCUT2D eigenvalue weighted by Gasteiger charge is -2.29. The first kappa shape index (κ1) is 23.0. The summed E-state index contributed by atoms with van der Waals surface area (Å²) in [4.78, 5) is 20.1. The molecule has 2 N–H and O–H groups in total. The number of fused-ring (bicyclic) bond motifs is 1. The highest BCUT2D eigenvalue weighted by Gasteiger charge is 2.16. The van der Waals surface area contributed by atoms with Gasteiger partial charge in [-0.15, -0.1) is 0 Å². The average Bonchev–Trinajstić information content (AvgIpc) is 2.72. The summed E-state index contributed by atoms with van der Waals surface area (Å²) in [5.74, 6) is 0. The first-order valence-corrected chi connectivity index (χ1v) is 11.0. The van der Waals surface area contributed by atoms with Gasteiger partial charge in [0.05, 0.1) is 18.1 Å². The number of thiocarbonyl (C=S) groups is 1. The van der Waals surface area contributed by atoms with Crippen LogP contribution in [0, 0.1) is 13.8 Å². The van der Waals surface area contributed by atoms with E-state index in [2.05, 4.69) is 58.2 Å². The molecule has 0 amide bonds. The fraction of sp³-hybridized carbons (Fsp3) is 0.360. The summed E-state index contributed by atoms with van der Waals surface area (Å²) in [6.45, 7) is 8.22. The van der Waals surface area contributed by atoms with Gasteiger partial charge in [-0.3, -0.25) is 4.79 Å². The minimum atomic E-state index is -0.0618. The molecule has 2 aromatic carbocycles. The number of hydrogen-bond donors (Lipinski definition) is 2. The lowest BCUT2D eigenvalue weighted by atomic mass is 10.1. The molecule has 0 radical (unpaired) electrons. The molecule has 0 aliphatic rings. The van der Waals surface area contributed by atoms with E-state index in [9.17, 15) is 4.79 Å². The second-order valence-electron chi connectivity index (χ2n) is 8.48. The molecule has 0 bridgehead atoms. The number of rotatable bonds is 7. The number of aromatic amines is 1. The molecule has 3 rings (SSSR count). The summed E-state index contributed by atoms with van der Waals surface area (Å²) in [6.07, 6.45) is 0. The largest absolute Gasteiger partial charge is 0.356 e. The summed E-state index contributed by atoms with van der Waals surface area (Å²) >= 11 is 5.77. The molecule has 3 aromatic rings. The van der Waals surface area contributed by atoms with Gasteiger partial charge in [0.1, 0.15) is 0 Å². The maximum atomic E-state index is 12.9. The van der Waals surface area contributed by atoms with Crippen LogP contribution in [-0.4, -0.2) is 47.1 Å². The zero-order valence-corrected chi connectivity index (χ0v) is 19.8.